The summed E-state index contributed by atoms with van der Waals surface area (Å²) in [6.45, 7) is 2.57. The molecule has 0 unspecified atom stereocenters. The van der Waals surface area contributed by atoms with Crippen LogP contribution in [0.3, 0.4) is 0 Å². The molecule has 0 atom stereocenters. The quantitative estimate of drug-likeness (QED) is 0.851. The molecule has 2 aliphatic rings. The van der Waals surface area contributed by atoms with E-state index >= 15 is 0 Å². The Hall–Kier alpha value is -2.44. The van der Waals surface area contributed by atoms with E-state index in [1.807, 2.05) is 36.0 Å². The second-order valence-electron chi connectivity index (χ2n) is 7.10. The smallest absolute Gasteiger partial charge is 0.255 e. The van der Waals surface area contributed by atoms with Crippen molar-refractivity contribution < 1.29 is 4.79 Å². The van der Waals surface area contributed by atoms with Gasteiger partial charge in [-0.25, -0.2) is 4.98 Å². The summed E-state index contributed by atoms with van der Waals surface area (Å²) < 4.78 is 2.28. The van der Waals surface area contributed by atoms with E-state index in [2.05, 4.69) is 19.7 Å². The van der Waals surface area contributed by atoms with Gasteiger partial charge in [0.15, 0.2) is 0 Å². The first-order valence-electron chi connectivity index (χ1n) is 8.98. The van der Waals surface area contributed by atoms with E-state index in [0.717, 1.165) is 56.4 Å². The van der Waals surface area contributed by atoms with E-state index in [-0.39, 0.29) is 5.91 Å². The summed E-state index contributed by atoms with van der Waals surface area (Å²) in [5.41, 5.74) is 0.660. The van der Waals surface area contributed by atoms with Crippen LogP contribution >= 0.6 is 0 Å². The van der Waals surface area contributed by atoms with Gasteiger partial charge in [0.1, 0.15) is 17.5 Å². The Morgan fingerprint density at radius 1 is 1.16 bits per heavy atom. The summed E-state index contributed by atoms with van der Waals surface area (Å²) in [6, 6.07) is 3.75. The zero-order valence-electron chi connectivity index (χ0n) is 14.9. The first-order valence-corrected chi connectivity index (χ1v) is 8.98. The Morgan fingerprint density at radius 2 is 1.96 bits per heavy atom. The van der Waals surface area contributed by atoms with Crippen LogP contribution in [0.5, 0.6) is 0 Å². The summed E-state index contributed by atoms with van der Waals surface area (Å²) in [7, 11) is 3.88. The fourth-order valence-electron chi connectivity index (χ4n) is 3.78. The van der Waals surface area contributed by atoms with Crippen molar-refractivity contribution in [2.24, 2.45) is 0 Å². The number of nitrogens with zero attached hydrogens (tertiary/aromatic N) is 6. The molecule has 4 heterocycles. The molecule has 0 bridgehead atoms. The van der Waals surface area contributed by atoms with Crippen LogP contribution in [-0.2, 0) is 13.0 Å². The van der Waals surface area contributed by atoms with Crippen LogP contribution in [0.4, 0.5) is 5.82 Å². The van der Waals surface area contributed by atoms with Gasteiger partial charge in [-0.2, -0.15) is 0 Å². The topological polar surface area (TPSA) is 67.2 Å². The van der Waals surface area contributed by atoms with Gasteiger partial charge in [-0.05, 0) is 31.4 Å². The molecule has 7 heteroatoms. The predicted molar refractivity (Wildman–Crippen MR) is 94.8 cm³/mol. The Labute approximate surface area is 147 Å². The minimum atomic E-state index is 0.0720. The predicted octanol–water partition coefficient (Wildman–Crippen LogP) is 1.71. The zero-order chi connectivity index (χ0) is 17.4. The fourth-order valence-corrected chi connectivity index (χ4v) is 3.78. The van der Waals surface area contributed by atoms with E-state index in [1.54, 1.807) is 6.20 Å². The van der Waals surface area contributed by atoms with Crippen LogP contribution in [0.1, 0.15) is 47.2 Å². The van der Waals surface area contributed by atoms with Crippen LogP contribution in [0.2, 0.25) is 0 Å². The monoisotopic (exact) mass is 340 g/mol. The second-order valence-corrected chi connectivity index (χ2v) is 7.10. The van der Waals surface area contributed by atoms with Crippen LogP contribution < -0.4 is 4.90 Å². The number of piperidine rings is 1. The molecule has 0 radical (unpaired) electrons. The molecule has 1 saturated heterocycles. The van der Waals surface area contributed by atoms with Crippen molar-refractivity contribution in [3.63, 3.8) is 0 Å². The first-order chi connectivity index (χ1) is 12.1. The van der Waals surface area contributed by atoms with E-state index in [1.165, 1.54) is 6.42 Å². The fraction of sp³-hybridized carbons (Fsp3) is 0.556. The van der Waals surface area contributed by atoms with Gasteiger partial charge < -0.3 is 14.4 Å². The number of pyridine rings is 1. The van der Waals surface area contributed by atoms with Crippen molar-refractivity contribution in [3.8, 4) is 0 Å². The largest absolute Gasteiger partial charge is 0.363 e. The molecule has 0 saturated carbocycles. The molecule has 2 aromatic rings. The molecular weight excluding hydrogens is 316 g/mol. The Balaban J connectivity index is 1.40. The van der Waals surface area contributed by atoms with Crippen molar-refractivity contribution in [1.82, 2.24) is 24.6 Å². The molecule has 1 amide bonds. The van der Waals surface area contributed by atoms with Gasteiger partial charge in [0.25, 0.3) is 5.91 Å². The molecule has 0 aromatic carbocycles. The van der Waals surface area contributed by atoms with E-state index < -0.39 is 0 Å². The summed E-state index contributed by atoms with van der Waals surface area (Å²) >= 11 is 0. The number of aromatic nitrogens is 4. The number of likely N-dealkylation sites (tertiary alicyclic amines) is 1. The van der Waals surface area contributed by atoms with E-state index in [0.29, 0.717) is 11.5 Å². The maximum Gasteiger partial charge on any atom is 0.255 e. The van der Waals surface area contributed by atoms with Gasteiger partial charge >= 0.3 is 0 Å². The number of amides is 1. The highest BCUT2D eigenvalue weighted by atomic mass is 16.2. The van der Waals surface area contributed by atoms with Gasteiger partial charge in [-0.3, -0.25) is 4.79 Å². The normalized spacial score (nSPS) is 17.6. The highest BCUT2D eigenvalue weighted by Gasteiger charge is 2.29. The Kier molecular flexibility index (Phi) is 4.15. The molecule has 0 spiro atoms. The van der Waals surface area contributed by atoms with Crippen molar-refractivity contribution in [1.29, 1.82) is 0 Å². The Bertz CT molecular complexity index is 758. The van der Waals surface area contributed by atoms with Crippen molar-refractivity contribution in [2.75, 3.05) is 32.1 Å². The van der Waals surface area contributed by atoms with Gasteiger partial charge in [-0.1, -0.05) is 0 Å². The maximum atomic E-state index is 12.7. The molecule has 0 N–H and O–H groups in total. The average Bonchev–Trinajstić information content (AvgIpc) is 3.25. The summed E-state index contributed by atoms with van der Waals surface area (Å²) in [5.74, 6) is 3.59. The minimum Gasteiger partial charge on any atom is -0.363 e. The third-order valence-electron chi connectivity index (χ3n) is 5.24. The molecule has 1 fully saturated rings. The average molecular weight is 340 g/mol. The van der Waals surface area contributed by atoms with Crippen molar-refractivity contribution in [2.45, 2.75) is 38.1 Å². The number of carbonyl (C=O) groups excluding carboxylic acids is 1. The van der Waals surface area contributed by atoms with Gasteiger partial charge in [-0.15, -0.1) is 10.2 Å². The van der Waals surface area contributed by atoms with Gasteiger partial charge in [0.2, 0.25) is 0 Å². The van der Waals surface area contributed by atoms with Crippen LogP contribution in [0.25, 0.3) is 0 Å². The number of aryl methyl sites for hydroxylation is 1. The Morgan fingerprint density at radius 3 is 2.64 bits per heavy atom. The highest BCUT2D eigenvalue weighted by molar-refractivity contribution is 5.94. The number of hydrogen-bond acceptors (Lipinski definition) is 5. The lowest BCUT2D eigenvalue weighted by Gasteiger charge is -2.31. The third kappa shape index (κ3) is 2.99. The summed E-state index contributed by atoms with van der Waals surface area (Å²) in [6.07, 6.45) is 5.79. The van der Waals surface area contributed by atoms with Gasteiger partial charge in [0, 0.05) is 52.3 Å². The lowest BCUT2D eigenvalue weighted by molar-refractivity contribution is 0.0710. The van der Waals surface area contributed by atoms with E-state index in [9.17, 15) is 4.79 Å². The molecule has 25 heavy (non-hydrogen) atoms. The molecule has 7 nitrogen and oxygen atoms in total. The molecule has 2 aromatic heterocycles. The number of rotatable bonds is 3. The number of fused-ring (bicyclic) bond motifs is 1. The van der Waals surface area contributed by atoms with Gasteiger partial charge in [0.05, 0.1) is 5.56 Å². The lowest BCUT2D eigenvalue weighted by Crippen LogP contribution is -2.38. The van der Waals surface area contributed by atoms with Crippen molar-refractivity contribution >= 4 is 11.7 Å². The van der Waals surface area contributed by atoms with Crippen LogP contribution in [0.15, 0.2) is 18.3 Å². The van der Waals surface area contributed by atoms with Crippen LogP contribution in [-0.4, -0.2) is 57.7 Å². The molecule has 132 valence electrons. The number of carbonyl (C=O) groups is 1. The third-order valence-corrected chi connectivity index (χ3v) is 5.24. The zero-order valence-corrected chi connectivity index (χ0v) is 14.9. The number of hydrogen-bond donors (Lipinski definition) is 0. The SMILES string of the molecule is CN(C)c1ccc(C(=O)N2CCC(c3nnc4n3CCC4)CC2)cn1. The first kappa shape index (κ1) is 16.1. The summed E-state index contributed by atoms with van der Waals surface area (Å²) in [4.78, 5) is 20.9. The van der Waals surface area contributed by atoms with Crippen LogP contribution in [0, 0.1) is 0 Å². The molecule has 2 aliphatic heterocycles. The highest BCUT2D eigenvalue weighted by Crippen LogP contribution is 2.29. The standard InChI is InChI=1S/C18H24N6O/c1-22(2)15-6-5-14(12-19-15)18(25)23-10-7-13(8-11-23)17-21-20-16-4-3-9-24(16)17/h5-6,12-13H,3-4,7-11H2,1-2H3. The van der Waals surface area contributed by atoms with Crippen molar-refractivity contribution in [3.05, 3.63) is 35.5 Å². The number of anilines is 1. The minimum absolute atomic E-state index is 0.0720. The maximum absolute atomic E-state index is 12.7. The lowest BCUT2D eigenvalue weighted by atomic mass is 9.95. The molecular formula is C18H24N6O. The molecule has 0 aliphatic carbocycles. The molecule has 4 rings (SSSR count). The summed E-state index contributed by atoms with van der Waals surface area (Å²) in [5, 5.41) is 8.73. The second kappa shape index (κ2) is 6.46. The van der Waals surface area contributed by atoms with E-state index in [4.69, 9.17) is 0 Å².